The average molecular weight is 286 g/mol. The van der Waals surface area contributed by atoms with Crippen LogP contribution in [0.1, 0.15) is 13.3 Å². The molecule has 0 aliphatic rings. The van der Waals surface area contributed by atoms with E-state index in [2.05, 4.69) is 6.92 Å². The highest BCUT2D eigenvalue weighted by Gasteiger charge is 2.10. The topological polar surface area (TPSA) is 118 Å². The number of halogens is 1. The molecule has 0 aromatic rings. The summed E-state index contributed by atoms with van der Waals surface area (Å²) in [5.74, 6) is 0. The lowest BCUT2D eigenvalue weighted by molar-refractivity contribution is 0.488. The predicted octanol–water partition coefficient (Wildman–Crippen LogP) is -0.0561. The molecule has 0 fully saturated rings. The Morgan fingerprint density at radius 2 is 1.67 bits per heavy atom. The van der Waals surface area contributed by atoms with Gasteiger partial charge in [-0.15, -0.1) is 17.0 Å². The standard InChI is InChI=1S/C3H9N.BrH.H2O5S2/c1-2-3-4;;1-6(2)7(3,4)5/h2-4H2,1H3;1H;(H,1,2)(H,3,4,5). The molecule has 0 radical (unpaired) electrons. The molecule has 0 amide bonds. The maximum absolute atomic E-state index is 9.34. The summed E-state index contributed by atoms with van der Waals surface area (Å²) in [7, 11) is -7.87. The molecule has 1 atom stereocenters. The molecule has 1 unspecified atom stereocenters. The van der Waals surface area contributed by atoms with E-state index in [1.165, 1.54) is 0 Å². The summed E-state index contributed by atoms with van der Waals surface area (Å²) in [4.78, 5) is 0. The quantitative estimate of drug-likeness (QED) is 0.372. The molecule has 0 aliphatic carbocycles. The molecule has 78 valence electrons. The summed E-state index contributed by atoms with van der Waals surface area (Å²) >= 11 is 0. The zero-order valence-electron chi connectivity index (χ0n) is 6.34. The van der Waals surface area contributed by atoms with E-state index in [4.69, 9.17) is 14.8 Å². The van der Waals surface area contributed by atoms with E-state index >= 15 is 0 Å². The maximum atomic E-state index is 9.34. The molecule has 0 aromatic carbocycles. The molecule has 9 heteroatoms. The summed E-state index contributed by atoms with van der Waals surface area (Å²) in [6, 6.07) is 0. The van der Waals surface area contributed by atoms with E-state index in [1.54, 1.807) is 0 Å². The van der Waals surface area contributed by atoms with Gasteiger partial charge >= 0.3 is 19.3 Å². The molecule has 0 rings (SSSR count). The Morgan fingerprint density at radius 1 is 1.50 bits per heavy atom. The van der Waals surface area contributed by atoms with E-state index < -0.39 is 19.3 Å². The minimum atomic E-state index is -4.71. The van der Waals surface area contributed by atoms with Crippen LogP contribution < -0.4 is 5.73 Å². The van der Waals surface area contributed by atoms with Gasteiger partial charge in [0.2, 0.25) is 0 Å². The van der Waals surface area contributed by atoms with Crippen molar-refractivity contribution in [3.05, 3.63) is 0 Å². The third kappa shape index (κ3) is 16.8. The Kier molecular flexibility index (Phi) is 14.5. The Balaban J connectivity index is -0.000000142. The van der Waals surface area contributed by atoms with Crippen molar-refractivity contribution >= 4 is 36.2 Å². The molecule has 12 heavy (non-hydrogen) atoms. The van der Waals surface area contributed by atoms with E-state index in [9.17, 15) is 12.6 Å². The normalized spacial score (nSPS) is 12.0. The molecule has 0 spiro atoms. The monoisotopic (exact) mass is 285 g/mol. The fourth-order valence-corrected chi connectivity index (χ4v) is 0. The molecule has 0 heterocycles. The first-order valence-corrected chi connectivity index (χ1v) is 5.71. The SMILES string of the molecule is Br.CCCN.O=S(O)S(=O)(=O)O. The van der Waals surface area contributed by atoms with E-state index in [-0.39, 0.29) is 17.0 Å². The maximum Gasteiger partial charge on any atom is 0.373 e. The highest BCUT2D eigenvalue weighted by atomic mass is 79.9. The molecule has 0 bridgehead atoms. The van der Waals surface area contributed by atoms with Crippen LogP contribution in [0.25, 0.3) is 0 Å². The molecular weight excluding hydrogens is 274 g/mol. The van der Waals surface area contributed by atoms with Crippen LogP contribution in [-0.4, -0.2) is 28.3 Å². The van der Waals surface area contributed by atoms with Crippen molar-refractivity contribution in [2.75, 3.05) is 6.54 Å². The first kappa shape index (κ1) is 18.3. The second-order valence-corrected chi connectivity index (χ2v) is 4.84. The highest BCUT2D eigenvalue weighted by molar-refractivity contribution is 8.93. The molecule has 4 N–H and O–H groups in total. The van der Waals surface area contributed by atoms with Crippen molar-refractivity contribution in [3.8, 4) is 0 Å². The number of nitrogens with two attached hydrogens (primary N) is 1. The van der Waals surface area contributed by atoms with Gasteiger partial charge in [0.25, 0.3) is 0 Å². The average Bonchev–Trinajstić information content (AvgIpc) is 1.87. The molecular formula is C3H12BrNO5S2. The van der Waals surface area contributed by atoms with Gasteiger partial charge in [-0.2, -0.15) is 8.42 Å². The van der Waals surface area contributed by atoms with Crippen LogP contribution >= 0.6 is 17.0 Å². The lowest BCUT2D eigenvalue weighted by atomic mass is 10.5. The van der Waals surface area contributed by atoms with Gasteiger partial charge in [-0.05, 0) is 13.0 Å². The fourth-order valence-electron chi connectivity index (χ4n) is 0. The molecule has 6 nitrogen and oxygen atoms in total. The first-order chi connectivity index (χ1) is 4.86. The minimum Gasteiger partial charge on any atom is -0.330 e. The van der Waals surface area contributed by atoms with Crippen molar-refractivity contribution in [3.63, 3.8) is 0 Å². The fraction of sp³-hybridized carbons (Fsp3) is 1.00. The number of hydrogen-bond acceptors (Lipinski definition) is 4. The minimum absolute atomic E-state index is 0. The largest absolute Gasteiger partial charge is 0.373 e. The van der Waals surface area contributed by atoms with Crippen LogP contribution in [0.4, 0.5) is 0 Å². The Morgan fingerprint density at radius 3 is 1.67 bits per heavy atom. The molecule has 0 aromatic heterocycles. The van der Waals surface area contributed by atoms with Crippen molar-refractivity contribution < 1.29 is 21.7 Å². The molecule has 0 saturated carbocycles. The summed E-state index contributed by atoms with van der Waals surface area (Å²) < 4.78 is 43.0. The van der Waals surface area contributed by atoms with Gasteiger partial charge in [0, 0.05) is 0 Å². The zero-order valence-corrected chi connectivity index (χ0v) is 9.68. The number of hydrogen-bond donors (Lipinski definition) is 3. The van der Waals surface area contributed by atoms with Gasteiger partial charge in [0.1, 0.15) is 0 Å². The van der Waals surface area contributed by atoms with Gasteiger partial charge in [0.15, 0.2) is 0 Å². The first-order valence-electron chi connectivity index (χ1n) is 2.65. The van der Waals surface area contributed by atoms with E-state index in [1.807, 2.05) is 0 Å². The van der Waals surface area contributed by atoms with Crippen molar-refractivity contribution in [2.24, 2.45) is 5.73 Å². The van der Waals surface area contributed by atoms with Crippen LogP contribution in [0.3, 0.4) is 0 Å². The lowest BCUT2D eigenvalue weighted by Gasteiger charge is -1.80. The number of rotatable bonds is 2. The lowest BCUT2D eigenvalue weighted by Crippen LogP contribution is -2.03. The van der Waals surface area contributed by atoms with Crippen LogP contribution in [0, 0.1) is 0 Å². The summed E-state index contributed by atoms with van der Waals surface area (Å²) in [6.07, 6.45) is 1.10. The molecule has 0 aliphatic heterocycles. The molecule has 0 saturated heterocycles. The predicted molar refractivity (Wildman–Crippen MR) is 52.0 cm³/mol. The Labute approximate surface area is 83.7 Å². The van der Waals surface area contributed by atoms with Gasteiger partial charge in [-0.3, -0.25) is 9.11 Å². The zero-order chi connectivity index (χ0) is 9.49. The Hall–Kier alpha value is 0.460. The van der Waals surface area contributed by atoms with E-state index in [0.29, 0.717) is 0 Å². The van der Waals surface area contributed by atoms with Gasteiger partial charge in [-0.25, -0.2) is 4.21 Å². The van der Waals surface area contributed by atoms with Crippen LogP contribution in [0.15, 0.2) is 0 Å². The third-order valence-corrected chi connectivity index (χ3v) is 1.91. The van der Waals surface area contributed by atoms with Gasteiger partial charge in [-0.1, -0.05) is 6.92 Å². The van der Waals surface area contributed by atoms with Crippen LogP contribution in [0.2, 0.25) is 0 Å². The second kappa shape index (κ2) is 9.55. The van der Waals surface area contributed by atoms with Crippen LogP contribution in [0.5, 0.6) is 0 Å². The van der Waals surface area contributed by atoms with Crippen molar-refractivity contribution in [2.45, 2.75) is 13.3 Å². The Bertz CT molecular complexity index is 201. The van der Waals surface area contributed by atoms with Crippen molar-refractivity contribution in [1.82, 2.24) is 0 Å². The van der Waals surface area contributed by atoms with E-state index in [0.717, 1.165) is 13.0 Å². The van der Waals surface area contributed by atoms with Crippen molar-refractivity contribution in [1.29, 1.82) is 0 Å². The van der Waals surface area contributed by atoms with Crippen LogP contribution in [-0.2, 0) is 19.3 Å². The highest BCUT2D eigenvalue weighted by Crippen LogP contribution is 1.83. The third-order valence-electron chi connectivity index (χ3n) is 0.469. The smallest absolute Gasteiger partial charge is 0.330 e. The van der Waals surface area contributed by atoms with Gasteiger partial charge in [0.05, 0.1) is 0 Å². The second-order valence-electron chi connectivity index (χ2n) is 1.43. The summed E-state index contributed by atoms with van der Waals surface area (Å²) in [6.45, 7) is 2.88. The van der Waals surface area contributed by atoms with Gasteiger partial charge < -0.3 is 5.73 Å². The summed E-state index contributed by atoms with van der Waals surface area (Å²) in [5, 5.41) is 0. The summed E-state index contributed by atoms with van der Waals surface area (Å²) in [5.41, 5.74) is 5.03.